The van der Waals surface area contributed by atoms with E-state index >= 15 is 0 Å². The molecular formula is C13H20N2O4S. The van der Waals surface area contributed by atoms with Crippen molar-refractivity contribution in [2.45, 2.75) is 37.8 Å². The molecule has 1 rings (SSSR count). The van der Waals surface area contributed by atoms with E-state index in [1.165, 1.54) is 31.3 Å². The van der Waals surface area contributed by atoms with Crippen LogP contribution < -0.4 is 14.8 Å². The van der Waals surface area contributed by atoms with Crippen LogP contribution in [0.3, 0.4) is 0 Å². The van der Waals surface area contributed by atoms with Crippen LogP contribution >= 0.6 is 0 Å². The quantitative estimate of drug-likeness (QED) is 0.817. The lowest BCUT2D eigenvalue weighted by atomic mass is 10.3. The SMILES string of the molecule is CNC(=O)[C@H](C)Oc1ccc(S(=O)(=O)NC(C)C)cc1. The van der Waals surface area contributed by atoms with E-state index in [4.69, 9.17) is 4.74 Å². The van der Waals surface area contributed by atoms with Gasteiger partial charge in [0, 0.05) is 13.1 Å². The molecule has 0 heterocycles. The number of hydrogen-bond donors (Lipinski definition) is 2. The zero-order valence-corrected chi connectivity index (χ0v) is 12.8. The molecule has 0 radical (unpaired) electrons. The summed E-state index contributed by atoms with van der Waals surface area (Å²) in [5, 5.41) is 2.47. The number of rotatable bonds is 6. The van der Waals surface area contributed by atoms with E-state index in [-0.39, 0.29) is 16.8 Å². The molecule has 1 atom stereocenters. The van der Waals surface area contributed by atoms with Crippen LogP contribution in [0.1, 0.15) is 20.8 Å². The van der Waals surface area contributed by atoms with Gasteiger partial charge in [-0.3, -0.25) is 4.79 Å². The molecule has 2 N–H and O–H groups in total. The molecule has 6 nitrogen and oxygen atoms in total. The molecule has 20 heavy (non-hydrogen) atoms. The second kappa shape index (κ2) is 6.71. The van der Waals surface area contributed by atoms with Crippen LogP contribution in [0.15, 0.2) is 29.2 Å². The summed E-state index contributed by atoms with van der Waals surface area (Å²) in [6.45, 7) is 5.12. The first-order valence-electron chi connectivity index (χ1n) is 6.27. The summed E-state index contributed by atoms with van der Waals surface area (Å²) < 4.78 is 31.7. The van der Waals surface area contributed by atoms with Gasteiger partial charge in [0.15, 0.2) is 6.10 Å². The van der Waals surface area contributed by atoms with Gasteiger partial charge in [-0.15, -0.1) is 0 Å². The summed E-state index contributed by atoms with van der Waals surface area (Å²) in [4.78, 5) is 11.5. The first-order chi connectivity index (χ1) is 9.26. The molecule has 0 fully saturated rings. The number of sulfonamides is 1. The minimum atomic E-state index is -3.51. The van der Waals surface area contributed by atoms with Gasteiger partial charge < -0.3 is 10.1 Å². The smallest absolute Gasteiger partial charge is 0.260 e. The first kappa shape index (κ1) is 16.5. The third-order valence-corrected chi connectivity index (χ3v) is 4.13. The topological polar surface area (TPSA) is 84.5 Å². The summed E-state index contributed by atoms with van der Waals surface area (Å²) in [5.41, 5.74) is 0. The molecule has 7 heteroatoms. The van der Waals surface area contributed by atoms with Crippen molar-refractivity contribution in [1.82, 2.24) is 10.0 Å². The third-order valence-electron chi connectivity index (χ3n) is 2.45. The fraction of sp³-hybridized carbons (Fsp3) is 0.462. The van der Waals surface area contributed by atoms with Crippen molar-refractivity contribution in [2.75, 3.05) is 7.05 Å². The van der Waals surface area contributed by atoms with Crippen molar-refractivity contribution in [3.8, 4) is 5.75 Å². The third kappa shape index (κ3) is 4.50. The van der Waals surface area contributed by atoms with Crippen LogP contribution in [0.25, 0.3) is 0 Å². The molecule has 1 aromatic rings. The maximum Gasteiger partial charge on any atom is 0.260 e. The number of carbonyl (C=O) groups excluding carboxylic acids is 1. The average Bonchev–Trinajstić information content (AvgIpc) is 2.36. The molecule has 112 valence electrons. The van der Waals surface area contributed by atoms with Crippen molar-refractivity contribution < 1.29 is 17.9 Å². The number of amides is 1. The Morgan fingerprint density at radius 2 is 1.70 bits per heavy atom. The minimum Gasteiger partial charge on any atom is -0.481 e. The van der Waals surface area contributed by atoms with Crippen molar-refractivity contribution in [3.05, 3.63) is 24.3 Å². The van der Waals surface area contributed by atoms with Crippen LogP contribution in [0.2, 0.25) is 0 Å². The average molecular weight is 300 g/mol. The Labute approximate surface area is 119 Å². The van der Waals surface area contributed by atoms with Crippen molar-refractivity contribution in [2.24, 2.45) is 0 Å². The normalized spacial score (nSPS) is 13.1. The molecule has 0 bridgehead atoms. The highest BCUT2D eigenvalue weighted by Gasteiger charge is 2.16. The summed E-state index contributed by atoms with van der Waals surface area (Å²) >= 11 is 0. The second-order valence-electron chi connectivity index (χ2n) is 4.62. The van der Waals surface area contributed by atoms with Crippen molar-refractivity contribution >= 4 is 15.9 Å². The van der Waals surface area contributed by atoms with Crippen LogP contribution in [0.4, 0.5) is 0 Å². The highest BCUT2D eigenvalue weighted by atomic mass is 32.2. The lowest BCUT2D eigenvalue weighted by Crippen LogP contribution is -2.33. The lowest BCUT2D eigenvalue weighted by molar-refractivity contribution is -0.126. The molecule has 0 saturated heterocycles. The van der Waals surface area contributed by atoms with Crippen molar-refractivity contribution in [1.29, 1.82) is 0 Å². The predicted molar refractivity (Wildman–Crippen MR) is 76.1 cm³/mol. The molecule has 0 aliphatic rings. The highest BCUT2D eigenvalue weighted by molar-refractivity contribution is 7.89. The van der Waals surface area contributed by atoms with E-state index in [9.17, 15) is 13.2 Å². The summed E-state index contributed by atoms with van der Waals surface area (Å²) in [6, 6.07) is 5.75. The van der Waals surface area contributed by atoms with Gasteiger partial charge in [-0.25, -0.2) is 13.1 Å². The summed E-state index contributed by atoms with van der Waals surface area (Å²) in [5.74, 6) is 0.188. The summed E-state index contributed by atoms with van der Waals surface area (Å²) in [7, 11) is -1.99. The number of likely N-dealkylation sites (N-methyl/N-ethyl adjacent to an activating group) is 1. The van der Waals surface area contributed by atoms with Crippen LogP contribution in [0.5, 0.6) is 5.75 Å². The van der Waals surface area contributed by atoms with Crippen LogP contribution in [-0.2, 0) is 14.8 Å². The van der Waals surface area contributed by atoms with Gasteiger partial charge in [-0.2, -0.15) is 0 Å². The van der Waals surface area contributed by atoms with Gasteiger partial charge in [0.25, 0.3) is 5.91 Å². The molecule has 0 unspecified atom stereocenters. The van der Waals surface area contributed by atoms with E-state index in [0.29, 0.717) is 5.75 Å². The summed E-state index contributed by atoms with van der Waals surface area (Å²) in [6.07, 6.45) is -0.642. The number of benzene rings is 1. The molecule has 1 aromatic carbocycles. The van der Waals surface area contributed by atoms with Crippen LogP contribution in [0, 0.1) is 0 Å². The molecule has 0 aromatic heterocycles. The Morgan fingerprint density at radius 1 is 1.15 bits per heavy atom. The van der Waals surface area contributed by atoms with Crippen molar-refractivity contribution in [3.63, 3.8) is 0 Å². The lowest BCUT2D eigenvalue weighted by Gasteiger charge is -2.14. The molecule has 1 amide bonds. The largest absolute Gasteiger partial charge is 0.481 e. The Morgan fingerprint density at radius 3 is 2.15 bits per heavy atom. The second-order valence-corrected chi connectivity index (χ2v) is 6.34. The highest BCUT2D eigenvalue weighted by Crippen LogP contribution is 2.17. The van der Waals surface area contributed by atoms with E-state index < -0.39 is 16.1 Å². The Bertz CT molecular complexity index is 552. The number of carbonyl (C=O) groups is 1. The standard InChI is InChI=1S/C13H20N2O4S/c1-9(2)15-20(17,18)12-7-5-11(6-8-12)19-10(3)13(16)14-4/h5-10,15H,1-4H3,(H,14,16)/t10-/m0/s1. The molecule has 0 spiro atoms. The Balaban J connectivity index is 2.82. The maximum atomic E-state index is 11.9. The predicted octanol–water partition coefficient (Wildman–Crippen LogP) is 0.887. The van der Waals surface area contributed by atoms with Gasteiger partial charge in [0.1, 0.15) is 5.75 Å². The monoisotopic (exact) mass is 300 g/mol. The van der Waals surface area contributed by atoms with Gasteiger partial charge >= 0.3 is 0 Å². The molecule has 0 aliphatic carbocycles. The zero-order valence-electron chi connectivity index (χ0n) is 12.0. The Kier molecular flexibility index (Phi) is 5.52. The zero-order chi connectivity index (χ0) is 15.3. The molecule has 0 aliphatic heterocycles. The number of ether oxygens (including phenoxy) is 1. The number of nitrogens with one attached hydrogen (secondary N) is 2. The van der Waals surface area contributed by atoms with Gasteiger partial charge in [0.2, 0.25) is 10.0 Å². The van der Waals surface area contributed by atoms with E-state index in [0.717, 1.165) is 0 Å². The fourth-order valence-electron chi connectivity index (χ4n) is 1.54. The van der Waals surface area contributed by atoms with E-state index in [1.807, 2.05) is 0 Å². The van der Waals surface area contributed by atoms with E-state index in [1.54, 1.807) is 20.8 Å². The van der Waals surface area contributed by atoms with Gasteiger partial charge in [0.05, 0.1) is 4.90 Å². The fourth-order valence-corrected chi connectivity index (χ4v) is 2.79. The molecule has 0 saturated carbocycles. The maximum absolute atomic E-state index is 11.9. The van der Waals surface area contributed by atoms with Crippen LogP contribution in [-0.4, -0.2) is 33.5 Å². The van der Waals surface area contributed by atoms with Gasteiger partial charge in [-0.1, -0.05) is 0 Å². The number of hydrogen-bond acceptors (Lipinski definition) is 4. The van der Waals surface area contributed by atoms with E-state index in [2.05, 4.69) is 10.0 Å². The Hall–Kier alpha value is -1.60. The van der Waals surface area contributed by atoms with Gasteiger partial charge in [-0.05, 0) is 45.0 Å². The minimum absolute atomic E-state index is 0.158. The first-order valence-corrected chi connectivity index (χ1v) is 7.75. The molecular weight excluding hydrogens is 280 g/mol.